The smallest absolute Gasteiger partial charge is 0.261 e. The second-order valence-corrected chi connectivity index (χ2v) is 10.5. The number of carbonyl (C=O) groups excluding carboxylic acids is 2. The number of benzene rings is 2. The second kappa shape index (κ2) is 11.9. The molecule has 2 aromatic rings. The molecule has 1 atom stereocenters. The second-order valence-electron chi connectivity index (χ2n) is 7.71. The Morgan fingerprint density at radius 3 is 2.32 bits per heavy atom. The maximum absolute atomic E-state index is 13.4. The first-order valence-electron chi connectivity index (χ1n) is 10.7. The number of ether oxygens (including phenoxy) is 1. The van der Waals surface area contributed by atoms with Crippen molar-refractivity contribution in [2.24, 2.45) is 0 Å². The van der Waals surface area contributed by atoms with Crippen LogP contribution >= 0.6 is 15.9 Å². The molecular weight excluding hydrogens is 528 g/mol. The van der Waals surface area contributed by atoms with Crippen LogP contribution in [-0.2, 0) is 19.6 Å². The van der Waals surface area contributed by atoms with Gasteiger partial charge < -0.3 is 10.1 Å². The maximum atomic E-state index is 13.4. The molecule has 12 heteroatoms. The third-order valence-electron chi connectivity index (χ3n) is 5.49. The van der Waals surface area contributed by atoms with Crippen LogP contribution in [-0.4, -0.2) is 80.1 Å². The fraction of sp³-hybridized carbons (Fsp3) is 0.364. The first-order chi connectivity index (χ1) is 16.2. The van der Waals surface area contributed by atoms with E-state index < -0.39 is 22.0 Å². The van der Waals surface area contributed by atoms with Gasteiger partial charge in [0.15, 0.2) is 0 Å². The lowest BCUT2D eigenvalue weighted by Crippen LogP contribution is -2.50. The van der Waals surface area contributed by atoms with Crippen LogP contribution in [0.5, 0.6) is 0 Å². The number of hydrogen-bond acceptors (Lipinski definition) is 7. The van der Waals surface area contributed by atoms with Gasteiger partial charge in [0.2, 0.25) is 10.0 Å². The fourth-order valence-corrected chi connectivity index (χ4v) is 5.31. The van der Waals surface area contributed by atoms with Crippen LogP contribution in [0.2, 0.25) is 0 Å². The number of hydrogen-bond donors (Lipinski definition) is 3. The predicted molar refractivity (Wildman–Crippen MR) is 129 cm³/mol. The van der Waals surface area contributed by atoms with Crippen LogP contribution < -0.4 is 10.8 Å². The van der Waals surface area contributed by atoms with Crippen LogP contribution in [0.1, 0.15) is 17.3 Å². The number of halogens is 1. The van der Waals surface area contributed by atoms with Crippen molar-refractivity contribution in [3.63, 3.8) is 0 Å². The number of rotatable bonds is 9. The monoisotopic (exact) mass is 554 g/mol. The largest absolute Gasteiger partial charge is 0.379 e. The molecule has 0 bridgehead atoms. The number of anilines is 1. The molecule has 1 aliphatic rings. The van der Waals surface area contributed by atoms with Crippen molar-refractivity contribution in [3.05, 3.63) is 58.6 Å². The van der Waals surface area contributed by atoms with Crippen molar-refractivity contribution in [1.82, 2.24) is 14.7 Å². The van der Waals surface area contributed by atoms with Crippen molar-refractivity contribution in [1.29, 1.82) is 0 Å². The van der Waals surface area contributed by atoms with Crippen molar-refractivity contribution in [2.45, 2.75) is 17.9 Å². The number of morpholine rings is 1. The van der Waals surface area contributed by atoms with Gasteiger partial charge in [-0.3, -0.25) is 19.7 Å². The zero-order valence-electron chi connectivity index (χ0n) is 18.6. The van der Waals surface area contributed by atoms with Gasteiger partial charge in [-0.2, -0.15) is 4.31 Å². The summed E-state index contributed by atoms with van der Waals surface area (Å²) in [5.74, 6) is -1.16. The van der Waals surface area contributed by atoms with Gasteiger partial charge in [0.05, 0.1) is 18.1 Å². The molecule has 0 radical (unpaired) electrons. The molecular formula is C22H27BrN4O6S. The van der Waals surface area contributed by atoms with Gasteiger partial charge in [0.25, 0.3) is 11.8 Å². The Morgan fingerprint density at radius 1 is 1.12 bits per heavy atom. The number of carbonyl (C=O) groups is 2. The van der Waals surface area contributed by atoms with Crippen molar-refractivity contribution >= 4 is 43.5 Å². The minimum Gasteiger partial charge on any atom is -0.379 e. The van der Waals surface area contributed by atoms with Gasteiger partial charge in [-0.05, 0) is 55.5 Å². The summed E-state index contributed by atoms with van der Waals surface area (Å²) in [6, 6.07) is 11.4. The quantitative estimate of drug-likeness (QED) is 0.319. The summed E-state index contributed by atoms with van der Waals surface area (Å²) in [5, 5.41) is 11.8. The summed E-state index contributed by atoms with van der Waals surface area (Å²) in [5.41, 5.74) is 2.41. The number of sulfonamides is 1. The minimum atomic E-state index is -4.07. The Bertz CT molecular complexity index is 1090. The zero-order chi connectivity index (χ0) is 24.7. The summed E-state index contributed by atoms with van der Waals surface area (Å²) < 4.78 is 34.0. The third kappa shape index (κ3) is 6.62. The molecule has 0 unspecified atom stereocenters. The van der Waals surface area contributed by atoms with E-state index in [1.807, 2.05) is 0 Å². The number of amides is 2. The Hall–Kier alpha value is -2.35. The fourth-order valence-electron chi connectivity index (χ4n) is 3.46. The third-order valence-corrected chi connectivity index (χ3v) is 8.00. The predicted octanol–water partition coefficient (Wildman–Crippen LogP) is 1.92. The molecule has 1 fully saturated rings. The van der Waals surface area contributed by atoms with Crippen molar-refractivity contribution in [2.75, 3.05) is 44.7 Å². The van der Waals surface area contributed by atoms with Gasteiger partial charge in [-0.15, -0.1) is 0 Å². The lowest BCUT2D eigenvalue weighted by molar-refractivity contribution is -0.132. The highest BCUT2D eigenvalue weighted by atomic mass is 79.9. The molecule has 3 N–H and O–H groups in total. The summed E-state index contributed by atoms with van der Waals surface area (Å²) in [6.45, 7) is 4.34. The summed E-state index contributed by atoms with van der Waals surface area (Å²) in [6.07, 6.45) is 0. The SMILES string of the molecule is C[C@H](C(=O)NO)N(CCN1CCOCC1)S(=O)(=O)c1ccc(NC(=O)c2ccc(Br)cc2)cc1. The molecule has 0 spiro atoms. The lowest BCUT2D eigenvalue weighted by atomic mass is 10.2. The molecule has 1 heterocycles. The molecule has 3 rings (SSSR count). The van der Waals surface area contributed by atoms with E-state index in [-0.39, 0.29) is 17.3 Å². The molecule has 34 heavy (non-hydrogen) atoms. The van der Waals surface area contributed by atoms with Crippen LogP contribution in [0.25, 0.3) is 0 Å². The van der Waals surface area contributed by atoms with Crippen LogP contribution in [0.4, 0.5) is 5.69 Å². The normalized spacial score (nSPS) is 15.6. The van der Waals surface area contributed by atoms with Crippen LogP contribution in [0.3, 0.4) is 0 Å². The average molecular weight is 555 g/mol. The number of nitrogens with zero attached hydrogens (tertiary/aromatic N) is 2. The van der Waals surface area contributed by atoms with Gasteiger partial charge >= 0.3 is 0 Å². The van der Waals surface area contributed by atoms with Crippen molar-refractivity contribution in [3.8, 4) is 0 Å². The first-order valence-corrected chi connectivity index (χ1v) is 12.9. The Kier molecular flexibility index (Phi) is 9.17. The molecule has 2 amide bonds. The van der Waals surface area contributed by atoms with Gasteiger partial charge in [-0.25, -0.2) is 13.9 Å². The summed E-state index contributed by atoms with van der Waals surface area (Å²) in [4.78, 5) is 26.5. The Labute approximate surface area is 207 Å². The zero-order valence-corrected chi connectivity index (χ0v) is 21.0. The number of hydroxylamine groups is 1. The van der Waals surface area contributed by atoms with E-state index in [0.717, 1.165) is 8.78 Å². The van der Waals surface area contributed by atoms with Crippen LogP contribution in [0, 0.1) is 0 Å². The van der Waals surface area contributed by atoms with E-state index in [4.69, 9.17) is 9.94 Å². The lowest BCUT2D eigenvalue weighted by Gasteiger charge is -2.31. The minimum absolute atomic E-state index is 0.0336. The first kappa shape index (κ1) is 26.3. The molecule has 1 aliphatic heterocycles. The average Bonchev–Trinajstić information content (AvgIpc) is 2.84. The van der Waals surface area contributed by atoms with E-state index in [9.17, 15) is 18.0 Å². The van der Waals surface area contributed by atoms with E-state index in [2.05, 4.69) is 26.1 Å². The molecule has 0 aromatic heterocycles. The molecule has 0 saturated carbocycles. The van der Waals surface area contributed by atoms with Crippen LogP contribution in [0.15, 0.2) is 57.9 Å². The van der Waals surface area contributed by atoms with E-state index in [0.29, 0.717) is 44.1 Å². The van der Waals surface area contributed by atoms with E-state index in [1.165, 1.54) is 36.7 Å². The molecule has 184 valence electrons. The topological polar surface area (TPSA) is 128 Å². The highest BCUT2D eigenvalue weighted by Gasteiger charge is 2.33. The van der Waals surface area contributed by atoms with Gasteiger partial charge in [0, 0.05) is 41.9 Å². The highest BCUT2D eigenvalue weighted by molar-refractivity contribution is 9.10. The van der Waals surface area contributed by atoms with Gasteiger partial charge in [-0.1, -0.05) is 15.9 Å². The van der Waals surface area contributed by atoms with Gasteiger partial charge in [0.1, 0.15) is 6.04 Å². The van der Waals surface area contributed by atoms with Crippen molar-refractivity contribution < 1.29 is 28.0 Å². The molecule has 10 nitrogen and oxygen atoms in total. The summed E-state index contributed by atoms with van der Waals surface area (Å²) in [7, 11) is -4.07. The Morgan fingerprint density at radius 2 is 1.74 bits per heavy atom. The molecule has 1 saturated heterocycles. The molecule has 2 aromatic carbocycles. The number of nitrogens with one attached hydrogen (secondary N) is 2. The highest BCUT2D eigenvalue weighted by Crippen LogP contribution is 2.21. The molecule has 0 aliphatic carbocycles. The van der Waals surface area contributed by atoms with E-state index in [1.54, 1.807) is 24.3 Å². The standard InChI is InChI=1S/C22H27BrN4O6S/c1-16(21(28)25-30)27(11-10-26-12-14-33-15-13-26)34(31,32)20-8-6-19(7-9-20)24-22(29)17-2-4-18(23)5-3-17/h2-9,16,30H,10-15H2,1H3,(H,24,29)(H,25,28)/t16-/m1/s1. The Balaban J connectivity index is 1.75. The maximum Gasteiger partial charge on any atom is 0.261 e. The van der Waals surface area contributed by atoms with E-state index >= 15 is 0 Å². The summed E-state index contributed by atoms with van der Waals surface area (Å²) >= 11 is 3.32.